The van der Waals surface area contributed by atoms with Crippen LogP contribution in [0.3, 0.4) is 0 Å². The summed E-state index contributed by atoms with van der Waals surface area (Å²) in [4.78, 5) is 17.9. The van der Waals surface area contributed by atoms with E-state index in [0.29, 0.717) is 39.9 Å². The minimum absolute atomic E-state index is 0.0378. The lowest BCUT2D eigenvalue weighted by Crippen LogP contribution is -2.24. The Bertz CT molecular complexity index is 1200. The number of rotatable bonds is 7. The van der Waals surface area contributed by atoms with Crippen molar-refractivity contribution < 1.29 is 4.74 Å². The Balaban J connectivity index is 1.53. The van der Waals surface area contributed by atoms with E-state index in [1.54, 1.807) is 16.7 Å². The Morgan fingerprint density at radius 1 is 0.833 bits per heavy atom. The molecule has 0 N–H and O–H groups in total. The first-order chi connectivity index (χ1) is 14.6. The summed E-state index contributed by atoms with van der Waals surface area (Å²) >= 11 is 11.9. The Hall–Kier alpha value is -2.82. The van der Waals surface area contributed by atoms with Gasteiger partial charge in [-0.25, -0.2) is 4.98 Å². The summed E-state index contributed by atoms with van der Waals surface area (Å²) < 4.78 is 7.50. The van der Waals surface area contributed by atoms with Crippen LogP contribution in [0.25, 0.3) is 22.3 Å². The summed E-state index contributed by atoms with van der Waals surface area (Å²) in [5.74, 6) is 1.43. The van der Waals surface area contributed by atoms with E-state index in [-0.39, 0.29) is 5.56 Å². The van der Waals surface area contributed by atoms with Crippen LogP contribution in [-0.2, 0) is 6.54 Å². The van der Waals surface area contributed by atoms with E-state index in [1.165, 1.54) is 0 Å². The van der Waals surface area contributed by atoms with Crippen molar-refractivity contribution in [1.82, 2.24) is 9.55 Å². The number of para-hydroxylation sites is 1. The molecule has 4 aromatic rings. The maximum absolute atomic E-state index is 13.2. The number of halogens is 2. The number of hydrogen-bond donors (Lipinski definition) is 0. The van der Waals surface area contributed by atoms with Crippen molar-refractivity contribution in [2.24, 2.45) is 0 Å². The van der Waals surface area contributed by atoms with Crippen molar-refractivity contribution in [3.8, 4) is 17.1 Å². The minimum Gasteiger partial charge on any atom is -0.494 e. The molecule has 0 bridgehead atoms. The number of nitrogens with zero attached hydrogens (tertiary/aromatic N) is 2. The third kappa shape index (κ3) is 4.66. The first-order valence-electron chi connectivity index (χ1n) is 9.76. The highest BCUT2D eigenvalue weighted by molar-refractivity contribution is 6.30. The molecule has 0 amide bonds. The molecule has 0 spiro atoms. The van der Waals surface area contributed by atoms with Gasteiger partial charge in [-0.3, -0.25) is 9.36 Å². The topological polar surface area (TPSA) is 44.1 Å². The molecule has 0 saturated carbocycles. The maximum Gasteiger partial charge on any atom is 0.261 e. The third-order valence-electron chi connectivity index (χ3n) is 4.82. The Morgan fingerprint density at radius 3 is 2.23 bits per heavy atom. The molecule has 1 heterocycles. The Kier molecular flexibility index (Phi) is 6.36. The lowest BCUT2D eigenvalue weighted by molar-refractivity contribution is 0.303. The molecule has 0 saturated heterocycles. The van der Waals surface area contributed by atoms with Gasteiger partial charge >= 0.3 is 0 Å². The zero-order valence-electron chi connectivity index (χ0n) is 16.2. The molecular weight excluding hydrogens is 419 g/mol. The van der Waals surface area contributed by atoms with Crippen molar-refractivity contribution >= 4 is 34.1 Å². The van der Waals surface area contributed by atoms with Crippen molar-refractivity contribution in [2.75, 3.05) is 6.61 Å². The number of aromatic nitrogens is 2. The van der Waals surface area contributed by atoms with Crippen molar-refractivity contribution in [3.05, 3.63) is 93.2 Å². The van der Waals surface area contributed by atoms with Gasteiger partial charge in [0.15, 0.2) is 0 Å². The van der Waals surface area contributed by atoms with E-state index in [0.717, 1.165) is 24.2 Å². The lowest BCUT2D eigenvalue weighted by atomic mass is 10.1. The summed E-state index contributed by atoms with van der Waals surface area (Å²) in [6.07, 6.45) is 1.59. The lowest BCUT2D eigenvalue weighted by Gasteiger charge is -2.14. The first kappa shape index (κ1) is 20.5. The minimum atomic E-state index is -0.0378. The quantitative estimate of drug-likeness (QED) is 0.321. The van der Waals surface area contributed by atoms with Gasteiger partial charge in [-0.05, 0) is 73.5 Å². The van der Waals surface area contributed by atoms with E-state index in [2.05, 4.69) is 0 Å². The van der Waals surface area contributed by atoms with E-state index < -0.39 is 0 Å². The summed E-state index contributed by atoms with van der Waals surface area (Å²) in [5.41, 5.74) is 1.51. The predicted octanol–water partition coefficient (Wildman–Crippen LogP) is 6.23. The number of ether oxygens (including phenoxy) is 1. The second-order valence-corrected chi connectivity index (χ2v) is 7.80. The van der Waals surface area contributed by atoms with E-state index in [1.807, 2.05) is 60.7 Å². The average Bonchev–Trinajstić information content (AvgIpc) is 2.76. The van der Waals surface area contributed by atoms with Gasteiger partial charge in [-0.1, -0.05) is 35.3 Å². The molecule has 30 heavy (non-hydrogen) atoms. The molecule has 4 nitrogen and oxygen atoms in total. The SMILES string of the molecule is O=c1c2ccccc2nc(-c2ccc(Cl)cc2)n1CCCCOc1ccc(Cl)cc1. The van der Waals surface area contributed by atoms with Gasteiger partial charge in [0.2, 0.25) is 0 Å². The van der Waals surface area contributed by atoms with Gasteiger partial charge in [0, 0.05) is 22.2 Å². The van der Waals surface area contributed by atoms with Gasteiger partial charge in [-0.15, -0.1) is 0 Å². The summed E-state index contributed by atoms with van der Waals surface area (Å²) in [7, 11) is 0. The van der Waals surface area contributed by atoms with Crippen LogP contribution in [0.4, 0.5) is 0 Å². The van der Waals surface area contributed by atoms with Gasteiger partial charge < -0.3 is 4.74 Å². The maximum atomic E-state index is 13.2. The largest absolute Gasteiger partial charge is 0.494 e. The molecular formula is C24H20Cl2N2O2. The zero-order chi connectivity index (χ0) is 20.9. The van der Waals surface area contributed by atoms with Crippen LogP contribution in [0.2, 0.25) is 10.0 Å². The summed E-state index contributed by atoms with van der Waals surface area (Å²) in [5, 5.41) is 1.95. The fourth-order valence-electron chi connectivity index (χ4n) is 3.29. The molecule has 0 aliphatic rings. The number of fused-ring (bicyclic) bond motifs is 1. The van der Waals surface area contributed by atoms with Crippen LogP contribution in [0, 0.1) is 0 Å². The van der Waals surface area contributed by atoms with Crippen LogP contribution < -0.4 is 10.3 Å². The van der Waals surface area contributed by atoms with Crippen LogP contribution in [0.1, 0.15) is 12.8 Å². The van der Waals surface area contributed by atoms with Crippen LogP contribution in [0.5, 0.6) is 5.75 Å². The number of benzene rings is 3. The predicted molar refractivity (Wildman–Crippen MR) is 123 cm³/mol. The molecule has 4 rings (SSSR count). The highest BCUT2D eigenvalue weighted by Crippen LogP contribution is 2.22. The molecule has 0 aliphatic heterocycles. The second kappa shape index (κ2) is 9.33. The fraction of sp³-hybridized carbons (Fsp3) is 0.167. The Morgan fingerprint density at radius 2 is 1.50 bits per heavy atom. The van der Waals surface area contributed by atoms with E-state index >= 15 is 0 Å². The van der Waals surface area contributed by atoms with Gasteiger partial charge in [0.05, 0.1) is 17.5 Å². The van der Waals surface area contributed by atoms with Gasteiger partial charge in [0.25, 0.3) is 5.56 Å². The molecule has 0 aliphatic carbocycles. The van der Waals surface area contributed by atoms with Crippen LogP contribution >= 0.6 is 23.2 Å². The van der Waals surface area contributed by atoms with E-state index in [4.69, 9.17) is 32.9 Å². The molecule has 6 heteroatoms. The molecule has 0 unspecified atom stereocenters. The normalized spacial score (nSPS) is 11.0. The molecule has 152 valence electrons. The fourth-order valence-corrected chi connectivity index (χ4v) is 3.54. The summed E-state index contributed by atoms with van der Waals surface area (Å²) in [6, 6.07) is 22.1. The van der Waals surface area contributed by atoms with Crippen LogP contribution in [0.15, 0.2) is 77.6 Å². The van der Waals surface area contributed by atoms with Crippen molar-refractivity contribution in [1.29, 1.82) is 0 Å². The van der Waals surface area contributed by atoms with Gasteiger partial charge in [0.1, 0.15) is 11.6 Å². The zero-order valence-corrected chi connectivity index (χ0v) is 17.7. The molecule has 0 fully saturated rings. The summed E-state index contributed by atoms with van der Waals surface area (Å²) in [6.45, 7) is 1.12. The van der Waals surface area contributed by atoms with Crippen molar-refractivity contribution in [2.45, 2.75) is 19.4 Å². The van der Waals surface area contributed by atoms with Crippen molar-refractivity contribution in [3.63, 3.8) is 0 Å². The third-order valence-corrected chi connectivity index (χ3v) is 5.33. The Labute approximate surface area is 184 Å². The number of unbranched alkanes of at least 4 members (excludes halogenated alkanes) is 1. The second-order valence-electron chi connectivity index (χ2n) is 6.93. The highest BCUT2D eigenvalue weighted by atomic mass is 35.5. The monoisotopic (exact) mass is 438 g/mol. The smallest absolute Gasteiger partial charge is 0.261 e. The average molecular weight is 439 g/mol. The first-order valence-corrected chi connectivity index (χ1v) is 10.5. The molecule has 0 atom stereocenters. The highest BCUT2D eigenvalue weighted by Gasteiger charge is 2.12. The molecule has 1 aromatic heterocycles. The molecule has 0 radical (unpaired) electrons. The standard InChI is InChI=1S/C24H20Cl2N2O2/c25-18-9-7-17(8-10-18)23-27-22-6-2-1-5-21(22)24(29)28(23)15-3-4-16-30-20-13-11-19(26)12-14-20/h1-2,5-14H,3-4,15-16H2. The van der Waals surface area contributed by atoms with Gasteiger partial charge in [-0.2, -0.15) is 0 Å². The van der Waals surface area contributed by atoms with Crippen LogP contribution in [-0.4, -0.2) is 16.2 Å². The number of hydrogen-bond acceptors (Lipinski definition) is 3. The van der Waals surface area contributed by atoms with E-state index in [9.17, 15) is 4.79 Å². The molecule has 3 aromatic carbocycles.